The average Bonchev–Trinajstić information content (AvgIpc) is 2.42. The molecule has 0 aliphatic heterocycles. The quantitative estimate of drug-likeness (QED) is 0.797. The van der Waals surface area contributed by atoms with Crippen molar-refractivity contribution in [2.45, 2.75) is 45.6 Å². The van der Waals surface area contributed by atoms with Gasteiger partial charge >= 0.3 is 0 Å². The van der Waals surface area contributed by atoms with Crippen molar-refractivity contribution in [3.05, 3.63) is 29.3 Å². The van der Waals surface area contributed by atoms with E-state index >= 15 is 0 Å². The molecule has 0 radical (unpaired) electrons. The van der Waals surface area contributed by atoms with Crippen LogP contribution >= 0.6 is 0 Å². The molecule has 0 heterocycles. The van der Waals surface area contributed by atoms with Crippen LogP contribution in [0.3, 0.4) is 0 Å². The second kappa shape index (κ2) is 7.51. The number of nitrogens with two attached hydrogens (primary N) is 1. The van der Waals surface area contributed by atoms with Crippen LogP contribution in [0.2, 0.25) is 0 Å². The molecule has 1 rings (SSSR count). The summed E-state index contributed by atoms with van der Waals surface area (Å²) in [5, 5.41) is 10.5. The largest absolute Gasteiger partial charge is 0.496 e. The number of hydrogen-bond donors (Lipinski definition) is 2. The van der Waals surface area contributed by atoms with Crippen molar-refractivity contribution in [1.82, 2.24) is 0 Å². The number of aliphatic hydroxyl groups excluding tert-OH is 1. The van der Waals surface area contributed by atoms with Gasteiger partial charge in [0.15, 0.2) is 0 Å². The molecule has 0 aliphatic rings. The summed E-state index contributed by atoms with van der Waals surface area (Å²) in [6, 6.07) is 6.07. The first-order chi connectivity index (χ1) is 9.08. The van der Waals surface area contributed by atoms with Gasteiger partial charge in [-0.1, -0.05) is 38.8 Å². The number of ether oxygens (including phenoxy) is 1. The predicted molar refractivity (Wildman–Crippen MR) is 79.6 cm³/mol. The lowest BCUT2D eigenvalue weighted by Gasteiger charge is -2.28. The lowest BCUT2D eigenvalue weighted by atomic mass is 9.83. The lowest BCUT2D eigenvalue weighted by molar-refractivity contribution is 0.0779. The second-order valence-corrected chi connectivity index (χ2v) is 5.14. The summed E-state index contributed by atoms with van der Waals surface area (Å²) in [5.41, 5.74) is 8.04. The maximum atomic E-state index is 10.5. The van der Waals surface area contributed by atoms with E-state index in [-0.39, 0.29) is 5.92 Å². The first-order valence-electron chi connectivity index (χ1n) is 7.11. The summed E-state index contributed by atoms with van der Waals surface area (Å²) < 4.78 is 5.35. The molecular weight excluding hydrogens is 238 g/mol. The predicted octanol–water partition coefficient (Wildman–Crippen LogP) is 2.84. The fourth-order valence-electron chi connectivity index (χ4n) is 2.64. The Hall–Kier alpha value is -1.06. The highest BCUT2D eigenvalue weighted by Crippen LogP contribution is 2.30. The highest BCUT2D eigenvalue weighted by atomic mass is 16.5. The van der Waals surface area contributed by atoms with Gasteiger partial charge in [0.2, 0.25) is 0 Å². The van der Waals surface area contributed by atoms with Crippen LogP contribution in [0.4, 0.5) is 0 Å². The zero-order chi connectivity index (χ0) is 14.4. The molecule has 0 saturated carbocycles. The third-order valence-electron chi connectivity index (χ3n) is 4.06. The van der Waals surface area contributed by atoms with E-state index in [4.69, 9.17) is 10.5 Å². The Morgan fingerprint density at radius 3 is 2.37 bits per heavy atom. The number of benzene rings is 1. The van der Waals surface area contributed by atoms with Crippen molar-refractivity contribution in [3.63, 3.8) is 0 Å². The van der Waals surface area contributed by atoms with Gasteiger partial charge in [0.25, 0.3) is 0 Å². The van der Waals surface area contributed by atoms with Gasteiger partial charge in [-0.25, -0.2) is 0 Å². The van der Waals surface area contributed by atoms with Crippen LogP contribution < -0.4 is 10.5 Å². The molecule has 0 amide bonds. The Morgan fingerprint density at radius 2 is 1.89 bits per heavy atom. The summed E-state index contributed by atoms with van der Waals surface area (Å²) in [7, 11) is 1.67. The number of methoxy groups -OCH3 is 1. The molecule has 2 unspecified atom stereocenters. The number of aryl methyl sites for hydroxylation is 1. The lowest BCUT2D eigenvalue weighted by Crippen LogP contribution is -2.32. The molecule has 3 N–H and O–H groups in total. The maximum absolute atomic E-state index is 10.5. The van der Waals surface area contributed by atoms with Crippen molar-refractivity contribution in [3.8, 4) is 5.75 Å². The summed E-state index contributed by atoms with van der Waals surface area (Å²) in [6.45, 7) is 6.68. The smallest absolute Gasteiger partial charge is 0.122 e. The summed E-state index contributed by atoms with van der Waals surface area (Å²) in [5.74, 6) is 1.12. The first kappa shape index (κ1) is 16.0. The van der Waals surface area contributed by atoms with Crippen LogP contribution in [0.25, 0.3) is 0 Å². The Kier molecular flexibility index (Phi) is 6.32. The van der Waals surface area contributed by atoms with Crippen LogP contribution in [0.15, 0.2) is 18.2 Å². The zero-order valence-electron chi connectivity index (χ0n) is 12.5. The highest BCUT2D eigenvalue weighted by Gasteiger charge is 2.26. The average molecular weight is 265 g/mol. The Labute approximate surface area is 116 Å². The summed E-state index contributed by atoms with van der Waals surface area (Å²) in [6.07, 6.45) is 1.54. The molecule has 0 spiro atoms. The van der Waals surface area contributed by atoms with Crippen LogP contribution in [0.1, 0.15) is 43.7 Å². The number of rotatable bonds is 7. The highest BCUT2D eigenvalue weighted by molar-refractivity contribution is 5.38. The Morgan fingerprint density at radius 1 is 1.26 bits per heavy atom. The van der Waals surface area contributed by atoms with Crippen molar-refractivity contribution in [2.75, 3.05) is 13.7 Å². The van der Waals surface area contributed by atoms with Gasteiger partial charge in [-0.3, -0.25) is 0 Å². The molecular formula is C16H27NO2. The topological polar surface area (TPSA) is 55.5 Å². The van der Waals surface area contributed by atoms with Gasteiger partial charge in [-0.05, 0) is 30.0 Å². The van der Waals surface area contributed by atoms with Crippen LogP contribution in [-0.4, -0.2) is 24.9 Å². The SMILES string of the molecule is CCC(CC)C(O)C(CN)c1ccc(C)c(OC)c1. The molecule has 0 fully saturated rings. The minimum Gasteiger partial charge on any atom is -0.496 e. The molecule has 1 aromatic carbocycles. The Bertz CT molecular complexity index is 388. The van der Waals surface area contributed by atoms with Gasteiger partial charge in [0.1, 0.15) is 5.75 Å². The van der Waals surface area contributed by atoms with Gasteiger partial charge in [0, 0.05) is 12.5 Å². The van der Waals surface area contributed by atoms with Crippen molar-refractivity contribution in [1.29, 1.82) is 0 Å². The molecule has 108 valence electrons. The number of hydrogen-bond acceptors (Lipinski definition) is 3. The van der Waals surface area contributed by atoms with Gasteiger partial charge in [0.05, 0.1) is 13.2 Å². The van der Waals surface area contributed by atoms with Crippen molar-refractivity contribution < 1.29 is 9.84 Å². The summed E-state index contributed by atoms with van der Waals surface area (Å²) >= 11 is 0. The molecule has 0 aromatic heterocycles. The monoisotopic (exact) mass is 265 g/mol. The van der Waals surface area contributed by atoms with E-state index in [1.165, 1.54) is 0 Å². The van der Waals surface area contributed by atoms with Crippen LogP contribution in [-0.2, 0) is 0 Å². The maximum Gasteiger partial charge on any atom is 0.122 e. The second-order valence-electron chi connectivity index (χ2n) is 5.14. The van der Waals surface area contributed by atoms with E-state index in [0.29, 0.717) is 12.5 Å². The molecule has 0 bridgehead atoms. The molecule has 3 nitrogen and oxygen atoms in total. The fourth-order valence-corrected chi connectivity index (χ4v) is 2.64. The van der Waals surface area contributed by atoms with Gasteiger partial charge in [-0.2, -0.15) is 0 Å². The third kappa shape index (κ3) is 3.71. The fraction of sp³-hybridized carbons (Fsp3) is 0.625. The van der Waals surface area contributed by atoms with E-state index in [1.54, 1.807) is 7.11 Å². The molecule has 0 saturated heterocycles. The van der Waals surface area contributed by atoms with E-state index in [1.807, 2.05) is 25.1 Å². The van der Waals surface area contributed by atoms with E-state index in [0.717, 1.165) is 29.7 Å². The van der Waals surface area contributed by atoms with Crippen LogP contribution in [0, 0.1) is 12.8 Å². The van der Waals surface area contributed by atoms with Crippen LogP contribution in [0.5, 0.6) is 5.75 Å². The summed E-state index contributed by atoms with van der Waals surface area (Å²) in [4.78, 5) is 0. The van der Waals surface area contributed by atoms with Crippen molar-refractivity contribution in [2.24, 2.45) is 11.7 Å². The molecule has 19 heavy (non-hydrogen) atoms. The molecule has 1 aromatic rings. The van der Waals surface area contributed by atoms with Gasteiger partial charge in [-0.15, -0.1) is 0 Å². The standard InChI is InChI=1S/C16H27NO2/c1-5-12(6-2)16(18)14(10-17)13-8-7-11(3)15(9-13)19-4/h7-9,12,14,16,18H,5-6,10,17H2,1-4H3. The van der Waals surface area contributed by atoms with E-state index in [2.05, 4.69) is 13.8 Å². The molecule has 2 atom stereocenters. The first-order valence-corrected chi connectivity index (χ1v) is 7.11. The third-order valence-corrected chi connectivity index (χ3v) is 4.06. The zero-order valence-corrected chi connectivity index (χ0v) is 12.5. The minimum absolute atomic E-state index is 0.0283. The Balaban J connectivity index is 3.02. The molecule has 3 heteroatoms. The van der Waals surface area contributed by atoms with Crippen molar-refractivity contribution >= 4 is 0 Å². The number of aliphatic hydroxyl groups is 1. The normalized spacial score (nSPS) is 14.5. The minimum atomic E-state index is -0.396. The van der Waals surface area contributed by atoms with Gasteiger partial charge < -0.3 is 15.6 Å². The van der Waals surface area contributed by atoms with E-state index < -0.39 is 6.10 Å². The van der Waals surface area contributed by atoms with E-state index in [9.17, 15) is 5.11 Å². The molecule has 0 aliphatic carbocycles.